The lowest BCUT2D eigenvalue weighted by Crippen LogP contribution is -2.07. The number of rotatable bonds is 3. The van der Waals surface area contributed by atoms with E-state index in [1.807, 2.05) is 26.2 Å². The van der Waals surface area contributed by atoms with Gasteiger partial charge >= 0.3 is 0 Å². The molecule has 0 radical (unpaired) electrons. The minimum atomic E-state index is 0.265. The first-order valence-electron chi connectivity index (χ1n) is 7.31. The third kappa shape index (κ3) is 2.46. The smallest absolute Gasteiger partial charge is 0.164 e. The monoisotopic (exact) mass is 284 g/mol. The SMILES string of the molecule is COc1c(C)cnc(Cn2cc3c(c2)C(=O)CCC3)c1C. The van der Waals surface area contributed by atoms with Gasteiger partial charge in [0.05, 0.1) is 19.3 Å². The van der Waals surface area contributed by atoms with Crippen molar-refractivity contribution in [2.45, 2.75) is 39.7 Å². The zero-order chi connectivity index (χ0) is 15.0. The highest BCUT2D eigenvalue weighted by Crippen LogP contribution is 2.26. The van der Waals surface area contributed by atoms with Crippen LogP contribution in [0.25, 0.3) is 0 Å². The molecule has 2 aromatic rings. The lowest BCUT2D eigenvalue weighted by Gasteiger charge is -2.12. The van der Waals surface area contributed by atoms with Crippen LogP contribution in [0.1, 0.15) is 45.6 Å². The molecular weight excluding hydrogens is 264 g/mol. The zero-order valence-electron chi connectivity index (χ0n) is 12.8. The second-order valence-corrected chi connectivity index (χ2v) is 5.69. The lowest BCUT2D eigenvalue weighted by molar-refractivity contribution is 0.0973. The fraction of sp³-hybridized carbons (Fsp3) is 0.412. The number of ether oxygens (including phenoxy) is 1. The summed E-state index contributed by atoms with van der Waals surface area (Å²) in [5.41, 5.74) is 5.15. The molecule has 0 amide bonds. The number of aryl methyl sites for hydroxylation is 2. The van der Waals surface area contributed by atoms with Gasteiger partial charge in [-0.25, -0.2) is 0 Å². The lowest BCUT2D eigenvalue weighted by atomic mass is 9.95. The van der Waals surface area contributed by atoms with E-state index in [0.717, 1.165) is 41.0 Å². The molecule has 0 saturated heterocycles. The van der Waals surface area contributed by atoms with Crippen molar-refractivity contribution in [3.8, 4) is 5.75 Å². The topological polar surface area (TPSA) is 44.1 Å². The van der Waals surface area contributed by atoms with Gasteiger partial charge in [-0.3, -0.25) is 9.78 Å². The number of fused-ring (bicyclic) bond motifs is 1. The van der Waals surface area contributed by atoms with E-state index in [1.165, 1.54) is 5.56 Å². The van der Waals surface area contributed by atoms with Crippen molar-refractivity contribution in [3.63, 3.8) is 0 Å². The van der Waals surface area contributed by atoms with Crippen LogP contribution in [0.3, 0.4) is 0 Å². The van der Waals surface area contributed by atoms with Crippen LogP contribution >= 0.6 is 0 Å². The van der Waals surface area contributed by atoms with Crippen LogP contribution in [-0.2, 0) is 13.0 Å². The van der Waals surface area contributed by atoms with Gasteiger partial charge < -0.3 is 9.30 Å². The van der Waals surface area contributed by atoms with Crippen molar-refractivity contribution < 1.29 is 9.53 Å². The van der Waals surface area contributed by atoms with Crippen LogP contribution in [0.4, 0.5) is 0 Å². The molecule has 2 heterocycles. The maximum atomic E-state index is 11.9. The highest BCUT2D eigenvalue weighted by atomic mass is 16.5. The molecular formula is C17H20N2O2. The summed E-state index contributed by atoms with van der Waals surface area (Å²) in [6.07, 6.45) is 8.52. The Morgan fingerprint density at radius 3 is 2.81 bits per heavy atom. The molecule has 3 rings (SSSR count). The number of carbonyl (C=O) groups excluding carboxylic acids is 1. The van der Waals surface area contributed by atoms with E-state index < -0.39 is 0 Å². The Kier molecular flexibility index (Phi) is 3.53. The first kappa shape index (κ1) is 13.9. The minimum absolute atomic E-state index is 0.265. The molecule has 0 spiro atoms. The Bertz CT molecular complexity index is 701. The summed E-state index contributed by atoms with van der Waals surface area (Å²) in [5.74, 6) is 1.16. The average molecular weight is 284 g/mol. The molecule has 0 bridgehead atoms. The summed E-state index contributed by atoms with van der Waals surface area (Å²) in [6, 6.07) is 0. The Balaban J connectivity index is 1.93. The number of pyridine rings is 1. The highest BCUT2D eigenvalue weighted by molar-refractivity contribution is 5.98. The van der Waals surface area contributed by atoms with E-state index in [1.54, 1.807) is 7.11 Å². The minimum Gasteiger partial charge on any atom is -0.496 e. The third-order valence-electron chi connectivity index (χ3n) is 4.20. The summed E-state index contributed by atoms with van der Waals surface area (Å²) in [4.78, 5) is 16.4. The number of nitrogens with zero attached hydrogens (tertiary/aromatic N) is 2. The molecule has 0 aliphatic heterocycles. The second-order valence-electron chi connectivity index (χ2n) is 5.69. The molecule has 4 heteroatoms. The Morgan fingerprint density at radius 2 is 2.10 bits per heavy atom. The summed E-state index contributed by atoms with van der Waals surface area (Å²) in [5, 5.41) is 0. The van der Waals surface area contributed by atoms with Crippen LogP contribution in [0, 0.1) is 13.8 Å². The Labute approximate surface area is 124 Å². The van der Waals surface area contributed by atoms with E-state index in [4.69, 9.17) is 4.74 Å². The summed E-state index contributed by atoms with van der Waals surface area (Å²) < 4.78 is 7.52. The van der Waals surface area contributed by atoms with Gasteiger partial charge in [-0.2, -0.15) is 0 Å². The largest absolute Gasteiger partial charge is 0.496 e. The predicted octanol–water partition coefficient (Wildman–Crippen LogP) is 3.08. The highest BCUT2D eigenvalue weighted by Gasteiger charge is 2.19. The summed E-state index contributed by atoms with van der Waals surface area (Å²) in [6.45, 7) is 4.70. The molecule has 0 fully saturated rings. The summed E-state index contributed by atoms with van der Waals surface area (Å²) in [7, 11) is 1.69. The maximum absolute atomic E-state index is 11.9. The van der Waals surface area contributed by atoms with E-state index in [0.29, 0.717) is 13.0 Å². The van der Waals surface area contributed by atoms with E-state index >= 15 is 0 Å². The first-order chi connectivity index (χ1) is 10.1. The molecule has 0 saturated carbocycles. The van der Waals surface area contributed by atoms with Crippen LogP contribution < -0.4 is 4.74 Å². The maximum Gasteiger partial charge on any atom is 0.164 e. The summed E-state index contributed by atoms with van der Waals surface area (Å²) >= 11 is 0. The van der Waals surface area contributed by atoms with Crippen molar-refractivity contribution in [2.24, 2.45) is 0 Å². The fourth-order valence-corrected chi connectivity index (χ4v) is 3.07. The van der Waals surface area contributed by atoms with Gasteiger partial charge in [0, 0.05) is 41.7 Å². The van der Waals surface area contributed by atoms with E-state index in [9.17, 15) is 4.79 Å². The molecule has 0 unspecified atom stereocenters. The zero-order valence-corrected chi connectivity index (χ0v) is 12.8. The molecule has 21 heavy (non-hydrogen) atoms. The number of ketones is 1. The van der Waals surface area contributed by atoms with Gasteiger partial charge in [0.25, 0.3) is 0 Å². The predicted molar refractivity (Wildman–Crippen MR) is 81.1 cm³/mol. The molecule has 4 nitrogen and oxygen atoms in total. The number of carbonyl (C=O) groups is 1. The Morgan fingerprint density at radius 1 is 1.29 bits per heavy atom. The molecule has 1 aliphatic carbocycles. The van der Waals surface area contributed by atoms with Gasteiger partial charge in [-0.15, -0.1) is 0 Å². The quantitative estimate of drug-likeness (QED) is 0.870. The molecule has 1 aliphatic rings. The number of hydrogen-bond donors (Lipinski definition) is 0. The molecule has 0 N–H and O–H groups in total. The average Bonchev–Trinajstić information content (AvgIpc) is 2.87. The van der Waals surface area contributed by atoms with Crippen LogP contribution in [0.5, 0.6) is 5.75 Å². The van der Waals surface area contributed by atoms with E-state index in [-0.39, 0.29) is 5.78 Å². The van der Waals surface area contributed by atoms with Crippen LogP contribution in [0.15, 0.2) is 18.6 Å². The fourth-order valence-electron chi connectivity index (χ4n) is 3.07. The van der Waals surface area contributed by atoms with Gasteiger partial charge in [0.15, 0.2) is 5.78 Å². The number of aromatic nitrogens is 2. The number of hydrogen-bond acceptors (Lipinski definition) is 3. The van der Waals surface area contributed by atoms with Gasteiger partial charge in [-0.05, 0) is 32.3 Å². The van der Waals surface area contributed by atoms with Gasteiger partial charge in [0.2, 0.25) is 0 Å². The van der Waals surface area contributed by atoms with Crippen molar-refractivity contribution in [1.29, 1.82) is 0 Å². The molecule has 0 aromatic carbocycles. The molecule has 2 aromatic heterocycles. The number of methoxy groups -OCH3 is 1. The van der Waals surface area contributed by atoms with Crippen molar-refractivity contribution >= 4 is 5.78 Å². The van der Waals surface area contributed by atoms with Crippen LogP contribution in [0.2, 0.25) is 0 Å². The first-order valence-corrected chi connectivity index (χ1v) is 7.31. The Hall–Kier alpha value is -2.10. The molecule has 110 valence electrons. The van der Waals surface area contributed by atoms with Crippen molar-refractivity contribution in [3.05, 3.63) is 46.5 Å². The standard InChI is InChI=1S/C17H20N2O2/c1-11-7-18-15(12(2)17(11)21-3)10-19-8-13-5-4-6-16(20)14(13)9-19/h7-9H,4-6,10H2,1-3H3. The van der Waals surface area contributed by atoms with Gasteiger partial charge in [0.1, 0.15) is 5.75 Å². The van der Waals surface area contributed by atoms with Crippen LogP contribution in [-0.4, -0.2) is 22.4 Å². The number of Topliss-reactive ketones (excluding diaryl/α,β-unsaturated/α-hetero) is 1. The normalized spacial score (nSPS) is 14.1. The second kappa shape index (κ2) is 5.35. The van der Waals surface area contributed by atoms with Crippen molar-refractivity contribution in [1.82, 2.24) is 9.55 Å². The van der Waals surface area contributed by atoms with Gasteiger partial charge in [-0.1, -0.05) is 0 Å². The molecule has 0 atom stereocenters. The van der Waals surface area contributed by atoms with Crippen molar-refractivity contribution in [2.75, 3.05) is 7.11 Å². The third-order valence-corrected chi connectivity index (χ3v) is 4.20. The van der Waals surface area contributed by atoms with E-state index in [2.05, 4.69) is 15.7 Å².